The fourth-order valence-corrected chi connectivity index (χ4v) is 2.95. The van der Waals surface area contributed by atoms with Gasteiger partial charge in [0.1, 0.15) is 0 Å². The Morgan fingerprint density at radius 1 is 1.29 bits per heavy atom. The van der Waals surface area contributed by atoms with Crippen molar-refractivity contribution in [1.29, 1.82) is 0 Å². The Balaban J connectivity index is 0.00000220. The highest BCUT2D eigenvalue weighted by atomic mass is 35.5. The molecule has 1 amide bonds. The summed E-state index contributed by atoms with van der Waals surface area (Å²) in [6, 6.07) is 4.43. The number of amides is 1. The van der Waals surface area contributed by atoms with Gasteiger partial charge in [0.05, 0.1) is 0 Å². The van der Waals surface area contributed by atoms with Crippen LogP contribution >= 0.6 is 12.4 Å². The zero-order valence-corrected chi connectivity index (χ0v) is 14.3. The molecule has 0 bridgehead atoms. The van der Waals surface area contributed by atoms with Crippen molar-refractivity contribution in [2.75, 3.05) is 19.6 Å². The standard InChI is InChI=1S/C17H26N2O.ClH/c1-11-7-12(2)16(13(3)8-11)5-6-19-17(20)14(4)15-9-18-10-15;/h7-8,14-15,18H,5-6,9-10H2,1-4H3,(H,19,20);1H. The van der Waals surface area contributed by atoms with Crippen molar-refractivity contribution in [2.24, 2.45) is 11.8 Å². The predicted molar refractivity (Wildman–Crippen MR) is 90.1 cm³/mol. The van der Waals surface area contributed by atoms with Gasteiger partial charge in [-0.2, -0.15) is 0 Å². The van der Waals surface area contributed by atoms with Gasteiger partial charge in [0.2, 0.25) is 5.91 Å². The van der Waals surface area contributed by atoms with Crippen LogP contribution in [0.3, 0.4) is 0 Å². The van der Waals surface area contributed by atoms with E-state index in [1.165, 1.54) is 22.3 Å². The van der Waals surface area contributed by atoms with E-state index >= 15 is 0 Å². The van der Waals surface area contributed by atoms with E-state index in [0.717, 1.165) is 26.1 Å². The Morgan fingerprint density at radius 3 is 2.33 bits per heavy atom. The van der Waals surface area contributed by atoms with Gasteiger partial charge in [0, 0.05) is 12.5 Å². The van der Waals surface area contributed by atoms with Crippen LogP contribution in [0.1, 0.15) is 29.2 Å². The van der Waals surface area contributed by atoms with Gasteiger partial charge < -0.3 is 10.6 Å². The van der Waals surface area contributed by atoms with Crippen molar-refractivity contribution in [3.05, 3.63) is 34.4 Å². The molecule has 1 aromatic rings. The maximum atomic E-state index is 12.1. The molecule has 1 unspecified atom stereocenters. The lowest BCUT2D eigenvalue weighted by Gasteiger charge is -2.31. The Kier molecular flexibility index (Phi) is 6.69. The molecule has 3 nitrogen and oxygen atoms in total. The van der Waals surface area contributed by atoms with Gasteiger partial charge in [-0.05, 0) is 62.9 Å². The van der Waals surface area contributed by atoms with E-state index in [1.54, 1.807) is 0 Å². The summed E-state index contributed by atoms with van der Waals surface area (Å²) in [5, 5.41) is 6.30. The first-order valence-corrected chi connectivity index (χ1v) is 7.54. The third-order valence-corrected chi connectivity index (χ3v) is 4.45. The molecular weight excluding hydrogens is 284 g/mol. The second-order valence-electron chi connectivity index (χ2n) is 6.13. The van der Waals surface area contributed by atoms with Gasteiger partial charge in [0.15, 0.2) is 0 Å². The minimum Gasteiger partial charge on any atom is -0.356 e. The highest BCUT2D eigenvalue weighted by Crippen LogP contribution is 2.18. The lowest BCUT2D eigenvalue weighted by Crippen LogP contribution is -2.49. The molecule has 1 fully saturated rings. The summed E-state index contributed by atoms with van der Waals surface area (Å²) in [6.07, 6.45) is 0.916. The number of halogens is 1. The van der Waals surface area contributed by atoms with Crippen LogP contribution < -0.4 is 10.6 Å². The molecule has 0 saturated carbocycles. The summed E-state index contributed by atoms with van der Waals surface area (Å²) in [4.78, 5) is 12.1. The second kappa shape index (κ2) is 7.81. The summed E-state index contributed by atoms with van der Waals surface area (Å²) in [7, 11) is 0. The molecule has 0 aliphatic carbocycles. The van der Waals surface area contributed by atoms with Gasteiger partial charge >= 0.3 is 0 Å². The van der Waals surface area contributed by atoms with Crippen LogP contribution in [0.25, 0.3) is 0 Å². The van der Waals surface area contributed by atoms with E-state index in [0.29, 0.717) is 5.92 Å². The fraction of sp³-hybridized carbons (Fsp3) is 0.588. The lowest BCUT2D eigenvalue weighted by atomic mass is 9.88. The van der Waals surface area contributed by atoms with E-state index in [1.807, 2.05) is 6.92 Å². The molecule has 118 valence electrons. The zero-order valence-electron chi connectivity index (χ0n) is 13.5. The van der Waals surface area contributed by atoms with Gasteiger partial charge in [-0.25, -0.2) is 0 Å². The van der Waals surface area contributed by atoms with E-state index < -0.39 is 0 Å². The molecule has 21 heavy (non-hydrogen) atoms. The maximum Gasteiger partial charge on any atom is 0.223 e. The first kappa shape index (κ1) is 18.0. The molecule has 0 aromatic heterocycles. The van der Waals surface area contributed by atoms with Crippen LogP contribution in [0.15, 0.2) is 12.1 Å². The highest BCUT2D eigenvalue weighted by Gasteiger charge is 2.28. The summed E-state index contributed by atoms with van der Waals surface area (Å²) in [5.41, 5.74) is 5.33. The van der Waals surface area contributed by atoms with Crippen LogP contribution in [0.2, 0.25) is 0 Å². The van der Waals surface area contributed by atoms with Crippen LogP contribution in [-0.4, -0.2) is 25.5 Å². The molecule has 1 saturated heterocycles. The van der Waals surface area contributed by atoms with Gasteiger partial charge in [-0.3, -0.25) is 4.79 Å². The molecule has 1 heterocycles. The van der Waals surface area contributed by atoms with Crippen LogP contribution in [-0.2, 0) is 11.2 Å². The topological polar surface area (TPSA) is 41.1 Å². The largest absolute Gasteiger partial charge is 0.356 e. The third kappa shape index (κ3) is 4.45. The van der Waals surface area contributed by atoms with E-state index in [2.05, 4.69) is 43.5 Å². The average molecular weight is 311 g/mol. The summed E-state index contributed by atoms with van der Waals surface area (Å²) in [6.45, 7) is 11.1. The minimum atomic E-state index is 0. The number of benzene rings is 1. The van der Waals surface area contributed by atoms with Gasteiger partial charge in [-0.1, -0.05) is 24.6 Å². The van der Waals surface area contributed by atoms with Crippen molar-refractivity contribution >= 4 is 18.3 Å². The molecule has 2 rings (SSSR count). The molecule has 1 aliphatic rings. The maximum absolute atomic E-state index is 12.1. The molecule has 4 heteroatoms. The van der Waals surface area contributed by atoms with Gasteiger partial charge in [-0.15, -0.1) is 12.4 Å². The monoisotopic (exact) mass is 310 g/mol. The van der Waals surface area contributed by atoms with Crippen molar-refractivity contribution in [2.45, 2.75) is 34.1 Å². The Morgan fingerprint density at radius 2 is 1.86 bits per heavy atom. The van der Waals surface area contributed by atoms with Crippen molar-refractivity contribution in [1.82, 2.24) is 10.6 Å². The quantitative estimate of drug-likeness (QED) is 0.877. The smallest absolute Gasteiger partial charge is 0.223 e. The molecule has 1 aromatic carbocycles. The molecule has 0 radical (unpaired) electrons. The lowest BCUT2D eigenvalue weighted by molar-refractivity contribution is -0.126. The minimum absolute atomic E-state index is 0. The van der Waals surface area contributed by atoms with Crippen LogP contribution in [0, 0.1) is 32.6 Å². The number of aryl methyl sites for hydroxylation is 3. The van der Waals surface area contributed by atoms with Gasteiger partial charge in [0.25, 0.3) is 0 Å². The molecule has 0 spiro atoms. The molecular formula is C17H27ClN2O. The number of nitrogens with one attached hydrogen (secondary N) is 2. The van der Waals surface area contributed by atoms with Crippen molar-refractivity contribution in [3.8, 4) is 0 Å². The third-order valence-electron chi connectivity index (χ3n) is 4.45. The summed E-state index contributed by atoms with van der Waals surface area (Å²) >= 11 is 0. The molecule has 1 atom stereocenters. The fourth-order valence-electron chi connectivity index (χ4n) is 2.95. The summed E-state index contributed by atoms with van der Waals surface area (Å²) in [5.74, 6) is 0.827. The first-order valence-electron chi connectivity index (χ1n) is 7.54. The Bertz CT molecular complexity index is 475. The normalized spacial score (nSPS) is 15.8. The van der Waals surface area contributed by atoms with Crippen molar-refractivity contribution < 1.29 is 4.79 Å². The van der Waals surface area contributed by atoms with E-state index in [9.17, 15) is 4.79 Å². The Labute approximate surface area is 134 Å². The highest BCUT2D eigenvalue weighted by molar-refractivity contribution is 5.85. The first-order chi connectivity index (χ1) is 9.49. The number of hydrogen-bond acceptors (Lipinski definition) is 2. The van der Waals surface area contributed by atoms with Crippen LogP contribution in [0.5, 0.6) is 0 Å². The Hall–Kier alpha value is -1.06. The SMILES string of the molecule is Cc1cc(C)c(CCNC(=O)C(C)C2CNC2)c(C)c1.Cl. The van der Waals surface area contributed by atoms with E-state index in [4.69, 9.17) is 0 Å². The number of rotatable bonds is 5. The van der Waals surface area contributed by atoms with Crippen molar-refractivity contribution in [3.63, 3.8) is 0 Å². The van der Waals surface area contributed by atoms with E-state index in [-0.39, 0.29) is 24.2 Å². The predicted octanol–water partition coefficient (Wildman–Crippen LogP) is 2.55. The number of hydrogen-bond donors (Lipinski definition) is 2. The average Bonchev–Trinajstić information content (AvgIpc) is 2.29. The molecule has 2 N–H and O–H groups in total. The zero-order chi connectivity index (χ0) is 14.7. The number of carbonyl (C=O) groups excluding carboxylic acids is 1. The van der Waals surface area contributed by atoms with Crippen LogP contribution in [0.4, 0.5) is 0 Å². The summed E-state index contributed by atoms with van der Waals surface area (Å²) < 4.78 is 0. The molecule has 1 aliphatic heterocycles. The second-order valence-corrected chi connectivity index (χ2v) is 6.13. The number of carbonyl (C=O) groups is 1.